The quantitative estimate of drug-likeness (QED) is 0.142. The molecule has 0 aromatic heterocycles. The average molecular weight is 438 g/mol. The lowest BCUT2D eigenvalue weighted by molar-refractivity contribution is 0.646. The summed E-state index contributed by atoms with van der Waals surface area (Å²) in [4.78, 5) is 0. The maximum absolute atomic E-state index is 7.30. The van der Waals surface area contributed by atoms with Crippen LogP contribution in [0.15, 0.2) is 0 Å². The average Bonchev–Trinajstić information content (AvgIpc) is 2.25. The first kappa shape index (κ1) is 34.1. The molecular weight excluding hydrogens is 410 g/mol. The normalized spacial score (nSPS) is 14.5. The zero-order valence-electron chi connectivity index (χ0n) is 12.9. The first-order chi connectivity index (χ1) is 8.23. The van der Waals surface area contributed by atoms with E-state index < -0.39 is 0 Å². The van der Waals surface area contributed by atoms with Crippen LogP contribution in [0.5, 0.6) is 0 Å². The number of halogens is 4. The van der Waals surface area contributed by atoms with E-state index >= 15 is 0 Å². The molecule has 138 valence electrons. The summed E-state index contributed by atoms with van der Waals surface area (Å²) in [7, 11) is 3.33. The van der Waals surface area contributed by atoms with Gasteiger partial charge in [-0.15, -0.1) is 49.6 Å². The third kappa shape index (κ3) is 17.1. The van der Waals surface area contributed by atoms with E-state index in [0.717, 1.165) is 0 Å². The first-order valence-corrected chi connectivity index (χ1v) is 8.03. The lowest BCUT2D eigenvalue weighted by Gasteiger charge is -2.22. The third-order valence-electron chi connectivity index (χ3n) is 2.25. The molecule has 0 aromatic rings. The van der Waals surface area contributed by atoms with Gasteiger partial charge in [0.2, 0.25) is 0 Å². The Labute approximate surface area is 165 Å². The van der Waals surface area contributed by atoms with Crippen LogP contribution < -0.4 is 22.1 Å². The summed E-state index contributed by atoms with van der Waals surface area (Å²) in [5.74, 6) is 0.285. The van der Waals surface area contributed by atoms with Crippen molar-refractivity contribution in [2.45, 2.75) is 50.5 Å². The second-order valence-corrected chi connectivity index (χ2v) is 7.12. The highest BCUT2D eigenvalue weighted by atomic mass is 35.5. The second-order valence-electron chi connectivity index (χ2n) is 4.16. The Morgan fingerprint density at radius 2 is 0.955 bits per heavy atom. The lowest BCUT2D eigenvalue weighted by atomic mass is 10.3. The molecule has 6 nitrogen and oxygen atoms in total. The third-order valence-corrected chi connectivity index (χ3v) is 5.27. The molecule has 0 aliphatic heterocycles. The Hall–Kier alpha value is 0.720. The van der Waals surface area contributed by atoms with Gasteiger partial charge in [0.15, 0.2) is 0 Å². The fourth-order valence-electron chi connectivity index (χ4n) is 1.11. The number of nitrogens with two attached hydrogens (primary N) is 2. The molecule has 0 rings (SSSR count). The summed E-state index contributed by atoms with van der Waals surface area (Å²) >= 11 is 0. The first-order valence-electron chi connectivity index (χ1n) is 5.76. The van der Waals surface area contributed by atoms with E-state index in [0.29, 0.717) is 0 Å². The van der Waals surface area contributed by atoms with Crippen molar-refractivity contribution in [3.63, 3.8) is 0 Å². The van der Waals surface area contributed by atoms with Crippen LogP contribution in [0.2, 0.25) is 0 Å². The lowest BCUT2D eigenvalue weighted by Crippen LogP contribution is -2.43. The van der Waals surface area contributed by atoms with E-state index in [1.165, 1.54) is 0 Å². The summed E-state index contributed by atoms with van der Waals surface area (Å²) in [6.07, 6.45) is 0. The van der Waals surface area contributed by atoms with Gasteiger partial charge in [-0.05, 0) is 27.7 Å². The Balaban J connectivity index is -0.000000241. The summed E-state index contributed by atoms with van der Waals surface area (Å²) < 4.78 is 0. The molecule has 0 bridgehead atoms. The molecule has 0 aromatic carbocycles. The largest absolute Gasteiger partial charge is 0.386 e. The molecule has 0 spiro atoms. The molecule has 12 heteroatoms. The maximum atomic E-state index is 7.30. The molecule has 4 unspecified atom stereocenters. The summed E-state index contributed by atoms with van der Waals surface area (Å²) in [5, 5.41) is 21.4. The molecule has 0 fully saturated rings. The number of amidine groups is 2. The van der Waals surface area contributed by atoms with E-state index in [1.807, 2.05) is 27.7 Å². The van der Waals surface area contributed by atoms with Gasteiger partial charge in [-0.3, -0.25) is 21.5 Å². The van der Waals surface area contributed by atoms with Crippen LogP contribution in [0.25, 0.3) is 0 Å². The number of hydrogen-bond acceptors (Lipinski definition) is 6. The fraction of sp³-hybridized carbons (Fsp3) is 0.800. The van der Waals surface area contributed by atoms with Gasteiger partial charge in [0.05, 0.1) is 22.8 Å². The van der Waals surface area contributed by atoms with Crippen molar-refractivity contribution >= 4 is 82.9 Å². The maximum Gasteiger partial charge on any atom is 0.108 e. The molecule has 0 saturated heterocycles. The Kier molecular flexibility index (Phi) is 28.0. The van der Waals surface area contributed by atoms with Crippen LogP contribution >= 0.6 is 71.2 Å². The molecule has 0 saturated carbocycles. The number of hydrogen-bond donors (Lipinski definition) is 6. The van der Waals surface area contributed by atoms with E-state index in [2.05, 4.69) is 10.6 Å². The van der Waals surface area contributed by atoms with Gasteiger partial charge in [-0.25, -0.2) is 0 Å². The fourth-order valence-corrected chi connectivity index (χ4v) is 3.29. The standard InChI is InChI=1S/C10H24N6S2.4ClH/c1-5(9(11)12)15-7(3)17-18-8(4)16-6(2)10(13)14;;;;/h5-8,15-16H,1-4H3,(H3,11,12)(H3,13,14);4*1H. The highest BCUT2D eigenvalue weighted by molar-refractivity contribution is 8.77. The molecule has 0 heterocycles. The van der Waals surface area contributed by atoms with Crippen molar-refractivity contribution in [3.8, 4) is 0 Å². The zero-order chi connectivity index (χ0) is 14.3. The van der Waals surface area contributed by atoms with Crippen molar-refractivity contribution < 1.29 is 0 Å². The van der Waals surface area contributed by atoms with Crippen molar-refractivity contribution in [3.05, 3.63) is 0 Å². The van der Waals surface area contributed by atoms with Crippen LogP contribution in [0.1, 0.15) is 27.7 Å². The van der Waals surface area contributed by atoms with E-state index in [4.69, 9.17) is 22.3 Å². The van der Waals surface area contributed by atoms with Gasteiger partial charge in [-0.1, -0.05) is 21.6 Å². The van der Waals surface area contributed by atoms with Gasteiger partial charge in [0.25, 0.3) is 0 Å². The van der Waals surface area contributed by atoms with Crippen LogP contribution in [0.3, 0.4) is 0 Å². The minimum Gasteiger partial charge on any atom is -0.386 e. The predicted molar refractivity (Wildman–Crippen MR) is 112 cm³/mol. The van der Waals surface area contributed by atoms with Crippen LogP contribution in [-0.2, 0) is 0 Å². The second kappa shape index (κ2) is 18.1. The smallest absolute Gasteiger partial charge is 0.108 e. The summed E-state index contributed by atoms with van der Waals surface area (Å²) in [5.41, 5.74) is 10.8. The Morgan fingerprint density at radius 3 is 1.14 bits per heavy atom. The van der Waals surface area contributed by atoms with Gasteiger partial charge < -0.3 is 11.5 Å². The molecular formula is C10H28Cl4N6S2. The van der Waals surface area contributed by atoms with Crippen molar-refractivity contribution in [1.29, 1.82) is 10.8 Å². The van der Waals surface area contributed by atoms with Gasteiger partial charge >= 0.3 is 0 Å². The van der Waals surface area contributed by atoms with E-state index in [9.17, 15) is 0 Å². The minimum absolute atomic E-state index is 0. The zero-order valence-corrected chi connectivity index (χ0v) is 17.8. The van der Waals surface area contributed by atoms with Crippen LogP contribution in [0.4, 0.5) is 0 Å². The molecule has 0 radical (unpaired) electrons. The molecule has 22 heavy (non-hydrogen) atoms. The van der Waals surface area contributed by atoms with E-state index in [-0.39, 0.29) is 84.1 Å². The molecule has 0 amide bonds. The topological polar surface area (TPSA) is 124 Å². The highest BCUT2D eigenvalue weighted by Crippen LogP contribution is 2.28. The summed E-state index contributed by atoms with van der Waals surface area (Å²) in [6, 6.07) is -0.236. The van der Waals surface area contributed by atoms with Crippen molar-refractivity contribution in [2.24, 2.45) is 11.5 Å². The Bertz CT molecular complexity index is 273. The van der Waals surface area contributed by atoms with Crippen LogP contribution in [0, 0.1) is 10.8 Å². The summed E-state index contributed by atoms with van der Waals surface area (Å²) in [6.45, 7) is 7.78. The Morgan fingerprint density at radius 1 is 0.727 bits per heavy atom. The van der Waals surface area contributed by atoms with Crippen LogP contribution in [-0.4, -0.2) is 34.5 Å². The molecule has 0 aliphatic rings. The molecule has 8 N–H and O–H groups in total. The number of rotatable bonds is 9. The minimum atomic E-state index is -0.118. The monoisotopic (exact) mass is 436 g/mol. The molecule has 0 aliphatic carbocycles. The SMILES string of the molecule is CC(NC(C)C(=N)N)SSC(C)NC(C)C(=N)N.Cl.Cl.Cl.Cl. The van der Waals surface area contributed by atoms with Gasteiger partial charge in [0.1, 0.15) is 11.7 Å². The molecule has 4 atom stereocenters. The van der Waals surface area contributed by atoms with Gasteiger partial charge in [0, 0.05) is 0 Å². The van der Waals surface area contributed by atoms with Crippen molar-refractivity contribution in [1.82, 2.24) is 10.6 Å². The van der Waals surface area contributed by atoms with Gasteiger partial charge in [-0.2, -0.15) is 0 Å². The predicted octanol–water partition coefficient (Wildman–Crippen LogP) is 2.58. The highest BCUT2D eigenvalue weighted by Gasteiger charge is 2.14. The van der Waals surface area contributed by atoms with E-state index in [1.54, 1.807) is 21.6 Å². The number of nitrogens with one attached hydrogen (secondary N) is 4. The van der Waals surface area contributed by atoms with Crippen molar-refractivity contribution in [2.75, 3.05) is 0 Å².